The van der Waals surface area contributed by atoms with Crippen LogP contribution in [0.3, 0.4) is 0 Å². The fraction of sp³-hybridized carbons (Fsp3) is 0.138. The van der Waals surface area contributed by atoms with Gasteiger partial charge in [-0.25, -0.2) is 4.79 Å². The number of nitrogens with zero attached hydrogens (tertiary/aromatic N) is 3. The SMILES string of the molecule is CC(=O)NCc1ccc(C(=Nc2ccc(C=C3C(=O)NC(=O)N3C)cc2)C2C(=O)Nc3ccc([N+](=O)[O-])cc32)cc1. The summed E-state index contributed by atoms with van der Waals surface area (Å²) in [6, 6.07) is 17.7. The van der Waals surface area contributed by atoms with Crippen molar-refractivity contribution in [3.05, 3.63) is 105 Å². The highest BCUT2D eigenvalue weighted by molar-refractivity contribution is 6.24. The van der Waals surface area contributed by atoms with Crippen molar-refractivity contribution in [3.8, 4) is 0 Å². The molecule has 2 aliphatic heterocycles. The first-order valence-electron chi connectivity index (χ1n) is 12.5. The number of hydrogen-bond donors (Lipinski definition) is 3. The van der Waals surface area contributed by atoms with Crippen LogP contribution in [0, 0.1) is 10.1 Å². The second kappa shape index (κ2) is 10.8. The largest absolute Gasteiger partial charge is 0.352 e. The lowest BCUT2D eigenvalue weighted by Gasteiger charge is -2.15. The third-order valence-corrected chi connectivity index (χ3v) is 6.71. The van der Waals surface area contributed by atoms with E-state index in [0.29, 0.717) is 40.3 Å². The molecule has 1 saturated heterocycles. The molecule has 1 unspecified atom stereocenters. The van der Waals surface area contributed by atoms with E-state index in [1.165, 1.54) is 37.1 Å². The molecule has 3 N–H and O–H groups in total. The summed E-state index contributed by atoms with van der Waals surface area (Å²) in [5.41, 5.74) is 3.94. The number of nitro benzene ring substituents is 1. The predicted molar refractivity (Wildman–Crippen MR) is 150 cm³/mol. The summed E-state index contributed by atoms with van der Waals surface area (Å²) >= 11 is 0. The molecule has 206 valence electrons. The van der Waals surface area contributed by atoms with Gasteiger partial charge in [-0.05, 0) is 41.0 Å². The van der Waals surface area contributed by atoms with E-state index >= 15 is 0 Å². The molecule has 1 fully saturated rings. The van der Waals surface area contributed by atoms with Crippen molar-refractivity contribution in [1.29, 1.82) is 0 Å². The predicted octanol–water partition coefficient (Wildman–Crippen LogP) is 3.61. The maximum absolute atomic E-state index is 13.2. The molecular formula is C29H24N6O6. The zero-order valence-electron chi connectivity index (χ0n) is 22.0. The summed E-state index contributed by atoms with van der Waals surface area (Å²) in [6.07, 6.45) is 1.57. The number of fused-ring (bicyclic) bond motifs is 1. The molecule has 0 spiro atoms. The second-order valence-corrected chi connectivity index (χ2v) is 9.49. The first kappa shape index (κ1) is 26.9. The first-order valence-corrected chi connectivity index (χ1v) is 12.5. The van der Waals surface area contributed by atoms with Gasteiger partial charge in [-0.15, -0.1) is 0 Å². The average molecular weight is 553 g/mol. The molecule has 12 nitrogen and oxygen atoms in total. The Kier molecular flexibility index (Phi) is 7.13. The average Bonchev–Trinajstić information content (AvgIpc) is 3.40. The van der Waals surface area contributed by atoms with Gasteiger partial charge in [-0.2, -0.15) is 0 Å². The lowest BCUT2D eigenvalue weighted by atomic mass is 9.90. The summed E-state index contributed by atoms with van der Waals surface area (Å²) in [6.45, 7) is 1.76. The highest BCUT2D eigenvalue weighted by Gasteiger charge is 2.37. The van der Waals surface area contributed by atoms with E-state index in [9.17, 15) is 29.3 Å². The second-order valence-electron chi connectivity index (χ2n) is 9.49. The summed E-state index contributed by atoms with van der Waals surface area (Å²) in [4.78, 5) is 65.3. The van der Waals surface area contributed by atoms with Crippen molar-refractivity contribution in [2.45, 2.75) is 19.4 Å². The van der Waals surface area contributed by atoms with Crippen molar-refractivity contribution in [2.75, 3.05) is 12.4 Å². The van der Waals surface area contributed by atoms with Crippen LogP contribution in [0.4, 0.5) is 21.9 Å². The number of non-ortho nitro benzene ring substituents is 1. The number of aliphatic imine (C=N–C) groups is 1. The van der Waals surface area contributed by atoms with Gasteiger partial charge in [0.1, 0.15) is 11.6 Å². The molecule has 2 aliphatic rings. The first-order chi connectivity index (χ1) is 19.6. The van der Waals surface area contributed by atoms with Crippen molar-refractivity contribution in [3.63, 3.8) is 0 Å². The van der Waals surface area contributed by atoms with E-state index in [1.807, 2.05) is 12.1 Å². The molecule has 2 heterocycles. The quantitative estimate of drug-likeness (QED) is 0.133. The maximum atomic E-state index is 13.2. The van der Waals surface area contributed by atoms with Gasteiger partial charge >= 0.3 is 6.03 Å². The Labute approximate surface area is 233 Å². The van der Waals surface area contributed by atoms with Crippen molar-refractivity contribution >= 4 is 52.6 Å². The molecule has 0 saturated carbocycles. The molecule has 41 heavy (non-hydrogen) atoms. The number of hydrogen-bond acceptors (Lipinski definition) is 7. The van der Waals surface area contributed by atoms with Gasteiger partial charge in [0, 0.05) is 43.9 Å². The van der Waals surface area contributed by atoms with E-state index < -0.39 is 22.8 Å². The van der Waals surface area contributed by atoms with Crippen LogP contribution in [-0.2, 0) is 20.9 Å². The number of likely N-dealkylation sites (N-methyl/N-ethyl adjacent to an activating group) is 1. The highest BCUT2D eigenvalue weighted by atomic mass is 16.6. The Balaban J connectivity index is 1.55. The number of rotatable bonds is 7. The monoisotopic (exact) mass is 552 g/mol. The van der Waals surface area contributed by atoms with Gasteiger partial charge in [0.15, 0.2) is 0 Å². The molecule has 0 aliphatic carbocycles. The van der Waals surface area contributed by atoms with Gasteiger partial charge in [-0.1, -0.05) is 36.4 Å². The number of imide groups is 1. The summed E-state index contributed by atoms with van der Waals surface area (Å²) < 4.78 is 0. The van der Waals surface area contributed by atoms with Crippen LogP contribution in [0.2, 0.25) is 0 Å². The highest BCUT2D eigenvalue weighted by Crippen LogP contribution is 2.38. The van der Waals surface area contributed by atoms with Gasteiger partial charge in [0.2, 0.25) is 11.8 Å². The normalized spacial score (nSPS) is 17.4. The Morgan fingerprint density at radius 3 is 2.37 bits per heavy atom. The number of benzene rings is 3. The Morgan fingerprint density at radius 2 is 1.76 bits per heavy atom. The standard InChI is InChI=1S/C29H24N6O6/c1-16(36)30-15-18-3-7-19(8-4-18)26(25-22-14-21(35(40)41)11-12-23(22)32-28(25)38)31-20-9-5-17(6-10-20)13-24-27(37)33-29(39)34(24)2/h3-14,25H,15H2,1-2H3,(H,30,36)(H,32,38)(H,33,37,39). The van der Waals surface area contributed by atoms with Gasteiger partial charge < -0.3 is 10.6 Å². The summed E-state index contributed by atoms with van der Waals surface area (Å²) in [5, 5.41) is 19.2. The lowest BCUT2D eigenvalue weighted by molar-refractivity contribution is -0.384. The van der Waals surface area contributed by atoms with Crippen molar-refractivity contribution < 1.29 is 24.1 Å². The molecule has 5 amide bonds. The van der Waals surface area contributed by atoms with Crippen molar-refractivity contribution in [2.24, 2.45) is 4.99 Å². The molecule has 3 aromatic carbocycles. The van der Waals surface area contributed by atoms with Crippen LogP contribution < -0.4 is 16.0 Å². The number of urea groups is 1. The van der Waals surface area contributed by atoms with Crippen LogP contribution in [0.1, 0.15) is 35.1 Å². The van der Waals surface area contributed by atoms with E-state index in [2.05, 4.69) is 16.0 Å². The number of carbonyl (C=O) groups is 4. The van der Waals surface area contributed by atoms with E-state index in [4.69, 9.17) is 4.99 Å². The molecule has 1 atom stereocenters. The minimum atomic E-state index is -0.922. The summed E-state index contributed by atoms with van der Waals surface area (Å²) in [7, 11) is 1.49. The van der Waals surface area contributed by atoms with Gasteiger partial charge in [0.05, 0.1) is 16.3 Å². The summed E-state index contributed by atoms with van der Waals surface area (Å²) in [5.74, 6) is -1.95. The number of amides is 5. The van der Waals surface area contributed by atoms with Crippen LogP contribution in [0.5, 0.6) is 0 Å². The lowest BCUT2D eigenvalue weighted by Crippen LogP contribution is -2.24. The maximum Gasteiger partial charge on any atom is 0.328 e. The molecule has 5 rings (SSSR count). The number of nitro groups is 1. The fourth-order valence-corrected chi connectivity index (χ4v) is 4.56. The van der Waals surface area contributed by atoms with Crippen LogP contribution in [0.15, 0.2) is 77.4 Å². The van der Waals surface area contributed by atoms with E-state index in [-0.39, 0.29) is 23.2 Å². The van der Waals surface area contributed by atoms with Gasteiger partial charge in [0.25, 0.3) is 11.6 Å². The molecule has 0 radical (unpaired) electrons. The van der Waals surface area contributed by atoms with E-state index in [1.54, 1.807) is 42.5 Å². The van der Waals surface area contributed by atoms with Gasteiger partial charge in [-0.3, -0.25) is 39.7 Å². The molecule has 0 aromatic heterocycles. The van der Waals surface area contributed by atoms with Crippen molar-refractivity contribution in [1.82, 2.24) is 15.5 Å². The Morgan fingerprint density at radius 1 is 1.05 bits per heavy atom. The minimum absolute atomic E-state index is 0.146. The number of anilines is 1. The number of nitrogens with one attached hydrogen (secondary N) is 3. The third kappa shape index (κ3) is 5.57. The van der Waals surface area contributed by atoms with Crippen LogP contribution >= 0.6 is 0 Å². The topological polar surface area (TPSA) is 163 Å². The smallest absolute Gasteiger partial charge is 0.328 e. The third-order valence-electron chi connectivity index (χ3n) is 6.71. The Hall–Kier alpha value is -5.65. The fourth-order valence-electron chi connectivity index (χ4n) is 4.56. The zero-order chi connectivity index (χ0) is 29.3. The number of carbonyl (C=O) groups excluding carboxylic acids is 4. The molecule has 12 heteroatoms. The van der Waals surface area contributed by atoms with Crippen LogP contribution in [-0.4, -0.2) is 46.3 Å². The zero-order valence-corrected chi connectivity index (χ0v) is 22.0. The molecule has 0 bridgehead atoms. The molecule has 3 aromatic rings. The Bertz CT molecular complexity index is 1660. The van der Waals surface area contributed by atoms with E-state index in [0.717, 1.165) is 5.56 Å². The van der Waals surface area contributed by atoms with Crippen LogP contribution in [0.25, 0.3) is 6.08 Å². The molecular weight excluding hydrogens is 528 g/mol. The minimum Gasteiger partial charge on any atom is -0.352 e.